The van der Waals surface area contributed by atoms with Gasteiger partial charge in [-0.15, -0.1) is 0 Å². The Kier molecular flexibility index (Phi) is 1.94. The minimum Gasteiger partial charge on any atom is -0.0619 e. The van der Waals surface area contributed by atoms with E-state index in [1.165, 1.54) is 18.4 Å². The van der Waals surface area contributed by atoms with Crippen LogP contribution in [0.2, 0.25) is 0 Å². The van der Waals surface area contributed by atoms with Crippen molar-refractivity contribution in [3.63, 3.8) is 0 Å². The van der Waals surface area contributed by atoms with Crippen molar-refractivity contribution in [1.29, 1.82) is 0 Å². The first kappa shape index (κ1) is 8.80. The van der Waals surface area contributed by atoms with Crippen molar-refractivity contribution in [1.82, 2.24) is 0 Å². The van der Waals surface area contributed by atoms with Crippen molar-refractivity contribution in [3.05, 3.63) is 35.4 Å². The fourth-order valence-electron chi connectivity index (χ4n) is 2.29. The van der Waals surface area contributed by atoms with Gasteiger partial charge in [0.2, 0.25) is 0 Å². The molecule has 70 valence electrons. The number of hydrogen-bond acceptors (Lipinski definition) is 0. The minimum atomic E-state index is 0.534. The normalized spacial score (nSPS) is 19.1. The van der Waals surface area contributed by atoms with E-state index in [9.17, 15) is 0 Å². The molecule has 0 heterocycles. The highest BCUT2D eigenvalue weighted by Crippen LogP contribution is 2.53. The molecule has 0 atom stereocenters. The molecule has 0 aromatic heterocycles. The van der Waals surface area contributed by atoms with Crippen LogP contribution in [0.4, 0.5) is 0 Å². The van der Waals surface area contributed by atoms with E-state index in [-0.39, 0.29) is 0 Å². The third-order valence-corrected chi connectivity index (χ3v) is 3.49. The maximum atomic E-state index is 2.35. The smallest absolute Gasteiger partial charge is 0.00233 e. The van der Waals surface area contributed by atoms with E-state index in [1.54, 1.807) is 5.56 Å². The topological polar surface area (TPSA) is 0 Å². The second kappa shape index (κ2) is 2.87. The van der Waals surface area contributed by atoms with Gasteiger partial charge < -0.3 is 0 Å². The second-order valence-corrected chi connectivity index (χ2v) is 4.68. The lowest BCUT2D eigenvalue weighted by Crippen LogP contribution is -2.14. The van der Waals surface area contributed by atoms with Gasteiger partial charge in [0.1, 0.15) is 0 Å². The predicted octanol–water partition coefficient (Wildman–Crippen LogP) is 3.68. The molecule has 0 bridgehead atoms. The summed E-state index contributed by atoms with van der Waals surface area (Å²) < 4.78 is 0. The summed E-state index contributed by atoms with van der Waals surface area (Å²) in [6.07, 6.45) is 2.77. The summed E-state index contributed by atoms with van der Waals surface area (Å²) in [6, 6.07) is 9.01. The summed E-state index contributed by atoms with van der Waals surface area (Å²) >= 11 is 0. The highest BCUT2D eigenvalue weighted by atomic mass is 14.5. The van der Waals surface area contributed by atoms with E-state index in [4.69, 9.17) is 0 Å². The fraction of sp³-hybridized carbons (Fsp3) is 0.538. The van der Waals surface area contributed by atoms with E-state index in [1.807, 2.05) is 0 Å². The molecule has 1 aliphatic rings. The van der Waals surface area contributed by atoms with Crippen LogP contribution in [0.1, 0.15) is 37.8 Å². The van der Waals surface area contributed by atoms with Gasteiger partial charge in [-0.3, -0.25) is 0 Å². The average molecular weight is 174 g/mol. The lowest BCUT2D eigenvalue weighted by atomic mass is 9.84. The molecule has 0 saturated heterocycles. The Morgan fingerprint density at radius 3 is 2.38 bits per heavy atom. The Morgan fingerprint density at radius 2 is 1.92 bits per heavy atom. The van der Waals surface area contributed by atoms with Crippen LogP contribution in [-0.4, -0.2) is 0 Å². The number of aryl methyl sites for hydroxylation is 1. The molecule has 1 saturated carbocycles. The largest absolute Gasteiger partial charge is 0.0619 e. The van der Waals surface area contributed by atoms with E-state index in [0.29, 0.717) is 5.41 Å². The van der Waals surface area contributed by atoms with Gasteiger partial charge in [-0.25, -0.2) is 0 Å². The van der Waals surface area contributed by atoms with Gasteiger partial charge in [0.05, 0.1) is 0 Å². The van der Waals surface area contributed by atoms with Gasteiger partial charge in [-0.2, -0.15) is 0 Å². The first-order valence-corrected chi connectivity index (χ1v) is 5.22. The summed E-state index contributed by atoms with van der Waals surface area (Å²) in [5.41, 5.74) is 3.48. The summed E-state index contributed by atoms with van der Waals surface area (Å²) in [4.78, 5) is 0. The van der Waals surface area contributed by atoms with E-state index >= 15 is 0 Å². The zero-order chi connectivity index (χ0) is 9.47. The Morgan fingerprint density at radius 1 is 1.23 bits per heavy atom. The molecule has 0 unspecified atom stereocenters. The van der Waals surface area contributed by atoms with Crippen LogP contribution in [0.5, 0.6) is 0 Å². The SMILES string of the molecule is Cc1cccc(C2(C(C)C)CC2)c1. The number of benzene rings is 1. The molecule has 0 N–H and O–H groups in total. The first-order valence-electron chi connectivity index (χ1n) is 5.22. The third-order valence-electron chi connectivity index (χ3n) is 3.49. The number of rotatable bonds is 2. The maximum absolute atomic E-state index is 2.35. The molecule has 1 aromatic carbocycles. The second-order valence-electron chi connectivity index (χ2n) is 4.68. The van der Waals surface area contributed by atoms with E-state index in [0.717, 1.165) is 5.92 Å². The lowest BCUT2D eigenvalue weighted by Gasteiger charge is -2.20. The van der Waals surface area contributed by atoms with Crippen molar-refractivity contribution in [3.8, 4) is 0 Å². The van der Waals surface area contributed by atoms with Crippen LogP contribution in [0.15, 0.2) is 24.3 Å². The molecule has 1 fully saturated rings. The quantitative estimate of drug-likeness (QED) is 0.641. The van der Waals surface area contributed by atoms with Gasteiger partial charge in [0, 0.05) is 0 Å². The van der Waals surface area contributed by atoms with Crippen molar-refractivity contribution < 1.29 is 0 Å². The standard InChI is InChI=1S/C13H18/c1-10(2)13(7-8-13)12-6-4-5-11(3)9-12/h4-6,9-10H,7-8H2,1-3H3. The van der Waals surface area contributed by atoms with Gasteiger partial charge >= 0.3 is 0 Å². The van der Waals surface area contributed by atoms with Crippen LogP contribution < -0.4 is 0 Å². The van der Waals surface area contributed by atoms with Crippen LogP contribution in [0.25, 0.3) is 0 Å². The third kappa shape index (κ3) is 1.39. The molecular formula is C13H18. The van der Waals surface area contributed by atoms with Gasteiger partial charge in [-0.1, -0.05) is 43.7 Å². The van der Waals surface area contributed by atoms with Gasteiger partial charge in [0.25, 0.3) is 0 Å². The van der Waals surface area contributed by atoms with Crippen molar-refractivity contribution in [2.24, 2.45) is 5.92 Å². The van der Waals surface area contributed by atoms with Crippen LogP contribution >= 0.6 is 0 Å². The Balaban J connectivity index is 2.35. The predicted molar refractivity (Wildman–Crippen MR) is 56.9 cm³/mol. The summed E-state index contributed by atoms with van der Waals surface area (Å²) in [6.45, 7) is 6.87. The summed E-state index contributed by atoms with van der Waals surface area (Å²) in [5.74, 6) is 0.786. The molecule has 0 nitrogen and oxygen atoms in total. The van der Waals surface area contributed by atoms with Gasteiger partial charge in [0.15, 0.2) is 0 Å². The Hall–Kier alpha value is -0.780. The average Bonchev–Trinajstić information content (AvgIpc) is 2.83. The van der Waals surface area contributed by atoms with Gasteiger partial charge in [-0.05, 0) is 36.7 Å². The summed E-state index contributed by atoms with van der Waals surface area (Å²) in [7, 11) is 0. The molecule has 1 aliphatic carbocycles. The molecule has 0 heteroatoms. The minimum absolute atomic E-state index is 0.534. The lowest BCUT2D eigenvalue weighted by molar-refractivity contribution is 0.481. The Bertz CT molecular complexity index is 306. The van der Waals surface area contributed by atoms with Crippen LogP contribution in [0, 0.1) is 12.8 Å². The monoisotopic (exact) mass is 174 g/mol. The van der Waals surface area contributed by atoms with Crippen molar-refractivity contribution in [2.45, 2.75) is 39.0 Å². The fourth-order valence-corrected chi connectivity index (χ4v) is 2.29. The molecule has 0 radical (unpaired) electrons. The highest BCUT2D eigenvalue weighted by molar-refractivity contribution is 5.34. The molecule has 0 spiro atoms. The molecule has 2 rings (SSSR count). The Labute approximate surface area is 81.0 Å². The zero-order valence-electron chi connectivity index (χ0n) is 8.80. The summed E-state index contributed by atoms with van der Waals surface area (Å²) in [5, 5.41) is 0. The molecule has 0 aliphatic heterocycles. The van der Waals surface area contributed by atoms with E-state index in [2.05, 4.69) is 45.0 Å². The molecular weight excluding hydrogens is 156 g/mol. The highest BCUT2D eigenvalue weighted by Gasteiger charge is 2.46. The zero-order valence-corrected chi connectivity index (χ0v) is 8.80. The van der Waals surface area contributed by atoms with Crippen molar-refractivity contribution in [2.75, 3.05) is 0 Å². The maximum Gasteiger partial charge on any atom is -0.00233 e. The van der Waals surface area contributed by atoms with Crippen LogP contribution in [-0.2, 0) is 5.41 Å². The molecule has 13 heavy (non-hydrogen) atoms. The number of hydrogen-bond donors (Lipinski definition) is 0. The first-order chi connectivity index (χ1) is 6.15. The van der Waals surface area contributed by atoms with Crippen molar-refractivity contribution >= 4 is 0 Å². The molecule has 0 amide bonds. The molecule has 1 aromatic rings. The van der Waals surface area contributed by atoms with Crippen LogP contribution in [0.3, 0.4) is 0 Å². The van der Waals surface area contributed by atoms with E-state index < -0.39 is 0 Å².